The van der Waals surface area contributed by atoms with Crippen molar-refractivity contribution in [1.29, 1.82) is 0 Å². The highest BCUT2D eigenvalue weighted by Crippen LogP contribution is 2.29. The van der Waals surface area contributed by atoms with Gasteiger partial charge in [-0.1, -0.05) is 28.3 Å². The van der Waals surface area contributed by atoms with Gasteiger partial charge in [0.2, 0.25) is 11.0 Å². The van der Waals surface area contributed by atoms with E-state index in [4.69, 9.17) is 8.94 Å². The van der Waals surface area contributed by atoms with Crippen molar-refractivity contribution in [3.63, 3.8) is 0 Å². The molecule has 10 nitrogen and oxygen atoms in total. The Kier molecular flexibility index (Phi) is 6.28. The minimum Gasteiger partial charge on any atom is -0.466 e. The molecule has 2 amide bonds. The number of aromatic nitrogens is 3. The average Bonchev–Trinajstić information content (AvgIpc) is 3.46. The Balaban J connectivity index is 1.26. The first-order valence-electron chi connectivity index (χ1n) is 9.70. The summed E-state index contributed by atoms with van der Waals surface area (Å²) in [7, 11) is 0. The first-order chi connectivity index (χ1) is 14.9. The summed E-state index contributed by atoms with van der Waals surface area (Å²) in [5.41, 5.74) is 0.625. The van der Waals surface area contributed by atoms with E-state index in [0.717, 1.165) is 10.9 Å². The van der Waals surface area contributed by atoms with Crippen LogP contribution >= 0.6 is 23.1 Å². The minimum absolute atomic E-state index is 0.00386. The van der Waals surface area contributed by atoms with Gasteiger partial charge in [-0.25, -0.2) is 0 Å². The highest BCUT2D eigenvalue weighted by atomic mass is 32.2. The summed E-state index contributed by atoms with van der Waals surface area (Å²) in [6.45, 7) is 7.96. The van der Waals surface area contributed by atoms with Gasteiger partial charge < -0.3 is 24.1 Å². The first-order valence-corrected chi connectivity index (χ1v) is 11.5. The summed E-state index contributed by atoms with van der Waals surface area (Å²) in [6, 6.07) is 3.45. The Morgan fingerprint density at radius 2 is 1.90 bits per heavy atom. The Labute approximate surface area is 187 Å². The van der Waals surface area contributed by atoms with Gasteiger partial charge in [-0.3, -0.25) is 9.59 Å². The van der Waals surface area contributed by atoms with Gasteiger partial charge in [-0.2, -0.15) is 0 Å². The number of aryl methyl sites for hydroxylation is 3. The summed E-state index contributed by atoms with van der Waals surface area (Å²) < 4.78 is 11.1. The second-order valence-corrected chi connectivity index (χ2v) is 9.29. The van der Waals surface area contributed by atoms with Crippen LogP contribution in [0.3, 0.4) is 0 Å². The van der Waals surface area contributed by atoms with Gasteiger partial charge >= 0.3 is 0 Å². The predicted octanol–water partition coefficient (Wildman–Crippen LogP) is 2.74. The highest BCUT2D eigenvalue weighted by molar-refractivity contribution is 8.01. The maximum absolute atomic E-state index is 12.7. The number of piperazine rings is 1. The Morgan fingerprint density at radius 1 is 1.13 bits per heavy atom. The van der Waals surface area contributed by atoms with Crippen molar-refractivity contribution in [3.05, 3.63) is 35.0 Å². The normalized spacial score (nSPS) is 14.2. The van der Waals surface area contributed by atoms with E-state index < -0.39 is 0 Å². The Hall–Kier alpha value is -2.86. The molecule has 0 spiro atoms. The molecule has 4 rings (SSSR count). The fourth-order valence-corrected chi connectivity index (χ4v) is 4.93. The molecule has 1 aliphatic heterocycles. The number of carbonyl (C=O) groups excluding carboxylic acids is 2. The molecule has 1 fully saturated rings. The molecule has 3 aromatic rings. The number of carbonyl (C=O) groups is 2. The van der Waals surface area contributed by atoms with E-state index >= 15 is 0 Å². The van der Waals surface area contributed by atoms with Crippen molar-refractivity contribution in [3.8, 4) is 0 Å². The molecule has 0 aliphatic carbocycles. The van der Waals surface area contributed by atoms with Crippen molar-refractivity contribution in [2.75, 3.05) is 42.1 Å². The molecule has 1 saturated heterocycles. The molecule has 0 radical (unpaired) electrons. The van der Waals surface area contributed by atoms with Gasteiger partial charge in [0, 0.05) is 32.2 Å². The topological polar surface area (TPSA) is 118 Å². The second kappa shape index (κ2) is 9.10. The molecule has 0 aromatic carbocycles. The molecule has 31 heavy (non-hydrogen) atoms. The standard InChI is InChI=1S/C19H22N6O4S2/c1-11-8-14(13(3)28-11)17(27)24-4-6-25(7-5-24)18-21-22-19(31-18)30-10-16(26)20-15-9-12(2)29-23-15/h8-9H,4-7,10H2,1-3H3,(H,20,23,26). The van der Waals surface area contributed by atoms with Crippen LogP contribution in [0.5, 0.6) is 0 Å². The number of furan rings is 1. The molecule has 0 saturated carbocycles. The van der Waals surface area contributed by atoms with Crippen LogP contribution in [0, 0.1) is 20.8 Å². The number of anilines is 2. The molecule has 0 unspecified atom stereocenters. The van der Waals surface area contributed by atoms with E-state index in [0.29, 0.717) is 53.4 Å². The lowest BCUT2D eigenvalue weighted by atomic mass is 10.2. The highest BCUT2D eigenvalue weighted by Gasteiger charge is 2.26. The van der Waals surface area contributed by atoms with Crippen LogP contribution in [-0.4, -0.2) is 64.0 Å². The smallest absolute Gasteiger partial charge is 0.257 e. The van der Waals surface area contributed by atoms with Crippen molar-refractivity contribution < 1.29 is 18.5 Å². The van der Waals surface area contributed by atoms with E-state index in [9.17, 15) is 9.59 Å². The first kappa shape index (κ1) is 21.4. The third kappa shape index (κ3) is 5.07. The molecule has 3 aromatic heterocycles. The fourth-order valence-electron chi connectivity index (χ4n) is 3.23. The summed E-state index contributed by atoms with van der Waals surface area (Å²) in [6.07, 6.45) is 0. The summed E-state index contributed by atoms with van der Waals surface area (Å²) >= 11 is 2.76. The maximum atomic E-state index is 12.7. The largest absolute Gasteiger partial charge is 0.466 e. The number of rotatable bonds is 6. The Morgan fingerprint density at radius 3 is 2.55 bits per heavy atom. The van der Waals surface area contributed by atoms with Crippen molar-refractivity contribution in [2.45, 2.75) is 25.1 Å². The number of thioether (sulfide) groups is 1. The van der Waals surface area contributed by atoms with Crippen molar-refractivity contribution in [2.24, 2.45) is 0 Å². The van der Waals surface area contributed by atoms with Crippen LogP contribution in [-0.2, 0) is 4.79 Å². The van der Waals surface area contributed by atoms with Gasteiger partial charge in [0.15, 0.2) is 10.2 Å². The number of hydrogen-bond acceptors (Lipinski definition) is 10. The Bertz CT molecular complexity index is 1080. The zero-order valence-electron chi connectivity index (χ0n) is 17.4. The molecule has 12 heteroatoms. The van der Waals surface area contributed by atoms with Crippen LogP contribution in [0.4, 0.5) is 10.9 Å². The van der Waals surface area contributed by atoms with Crippen LogP contribution < -0.4 is 10.2 Å². The summed E-state index contributed by atoms with van der Waals surface area (Å²) in [4.78, 5) is 28.7. The van der Waals surface area contributed by atoms with Gasteiger partial charge in [0.05, 0.1) is 11.3 Å². The molecule has 0 bridgehead atoms. The van der Waals surface area contributed by atoms with E-state index in [1.165, 1.54) is 23.1 Å². The van der Waals surface area contributed by atoms with Gasteiger partial charge in [0.25, 0.3) is 5.91 Å². The third-order valence-corrected chi connectivity index (χ3v) is 6.84. The molecule has 164 valence electrons. The lowest BCUT2D eigenvalue weighted by molar-refractivity contribution is -0.113. The van der Waals surface area contributed by atoms with Crippen LogP contribution in [0.2, 0.25) is 0 Å². The number of hydrogen-bond donors (Lipinski definition) is 1. The quantitative estimate of drug-likeness (QED) is 0.552. The van der Waals surface area contributed by atoms with Gasteiger partial charge in [0.1, 0.15) is 17.3 Å². The molecule has 0 atom stereocenters. The van der Waals surface area contributed by atoms with Crippen molar-refractivity contribution in [1.82, 2.24) is 20.3 Å². The molecule has 1 aliphatic rings. The average molecular weight is 463 g/mol. The monoisotopic (exact) mass is 462 g/mol. The molecule has 1 N–H and O–H groups in total. The van der Waals surface area contributed by atoms with E-state index in [1.807, 2.05) is 18.7 Å². The van der Waals surface area contributed by atoms with E-state index in [-0.39, 0.29) is 17.6 Å². The zero-order chi connectivity index (χ0) is 22.0. The van der Waals surface area contributed by atoms with Gasteiger partial charge in [-0.15, -0.1) is 10.2 Å². The number of amides is 2. The van der Waals surface area contributed by atoms with Crippen LogP contribution in [0.1, 0.15) is 27.6 Å². The summed E-state index contributed by atoms with van der Waals surface area (Å²) in [5.74, 6) is 2.43. The lowest BCUT2D eigenvalue weighted by Gasteiger charge is -2.34. The third-order valence-electron chi connectivity index (χ3n) is 4.73. The molecule has 4 heterocycles. The van der Waals surface area contributed by atoms with Crippen LogP contribution in [0.15, 0.2) is 25.4 Å². The lowest BCUT2D eigenvalue weighted by Crippen LogP contribution is -2.48. The summed E-state index contributed by atoms with van der Waals surface area (Å²) in [5, 5.41) is 15.6. The molecular formula is C19H22N6O4S2. The minimum atomic E-state index is -0.188. The van der Waals surface area contributed by atoms with E-state index in [1.54, 1.807) is 19.1 Å². The maximum Gasteiger partial charge on any atom is 0.257 e. The number of nitrogens with one attached hydrogen (secondary N) is 1. The fraction of sp³-hybridized carbons (Fsp3) is 0.421. The van der Waals surface area contributed by atoms with E-state index in [2.05, 4.69) is 25.6 Å². The number of nitrogens with zero attached hydrogens (tertiary/aromatic N) is 5. The predicted molar refractivity (Wildman–Crippen MR) is 117 cm³/mol. The molecular weight excluding hydrogens is 440 g/mol. The second-order valence-electron chi connectivity index (χ2n) is 7.12. The zero-order valence-corrected chi connectivity index (χ0v) is 19.0. The van der Waals surface area contributed by atoms with Crippen molar-refractivity contribution >= 4 is 45.9 Å². The van der Waals surface area contributed by atoms with Gasteiger partial charge in [-0.05, 0) is 26.8 Å². The SMILES string of the molecule is Cc1cc(NC(=O)CSc2nnc(N3CCN(C(=O)c4cc(C)oc4C)CC3)s2)no1. The van der Waals surface area contributed by atoms with Crippen LogP contribution in [0.25, 0.3) is 0 Å².